The zero-order chi connectivity index (χ0) is 13.7. The number of benzene rings is 1. The number of carbonyl (C=O) groups excluding carboxylic acids is 1. The van der Waals surface area contributed by atoms with E-state index in [4.69, 9.17) is 18.0 Å². The Morgan fingerprint density at radius 3 is 2.53 bits per heavy atom. The lowest BCUT2D eigenvalue weighted by Crippen LogP contribution is -2.35. The molecule has 0 aromatic heterocycles. The highest BCUT2D eigenvalue weighted by atomic mass is 32.1. The highest BCUT2D eigenvalue weighted by molar-refractivity contribution is 7.80. The van der Waals surface area contributed by atoms with Crippen LogP contribution in [0, 0.1) is 0 Å². The van der Waals surface area contributed by atoms with E-state index in [0.717, 1.165) is 19.3 Å². The summed E-state index contributed by atoms with van der Waals surface area (Å²) in [5.74, 6) is 0.225. The van der Waals surface area contributed by atoms with Gasteiger partial charge in [-0.25, -0.2) is 0 Å². The Kier molecular flexibility index (Phi) is 4.91. The molecule has 0 unspecified atom stereocenters. The Labute approximate surface area is 119 Å². The van der Waals surface area contributed by atoms with Gasteiger partial charge in [0.15, 0.2) is 0 Å². The molecule has 1 saturated carbocycles. The maximum absolute atomic E-state index is 12.3. The van der Waals surface area contributed by atoms with Crippen LogP contribution in [-0.2, 0) is 11.2 Å². The molecule has 4 heteroatoms. The number of nitrogens with zero attached hydrogens (tertiary/aromatic N) is 1. The van der Waals surface area contributed by atoms with Crippen LogP contribution in [0.1, 0.15) is 31.2 Å². The van der Waals surface area contributed by atoms with E-state index in [0.29, 0.717) is 30.4 Å². The second kappa shape index (κ2) is 6.66. The smallest absolute Gasteiger partial charge is 0.223 e. The van der Waals surface area contributed by atoms with Crippen molar-refractivity contribution in [1.29, 1.82) is 0 Å². The molecule has 0 radical (unpaired) electrons. The Balaban J connectivity index is 1.83. The van der Waals surface area contributed by atoms with Gasteiger partial charge in [-0.15, -0.1) is 0 Å². The fourth-order valence-corrected chi connectivity index (χ4v) is 2.26. The van der Waals surface area contributed by atoms with Crippen molar-refractivity contribution in [1.82, 2.24) is 4.90 Å². The van der Waals surface area contributed by atoms with Gasteiger partial charge in [0, 0.05) is 25.4 Å². The Hall–Kier alpha value is -1.42. The number of hydrogen-bond donors (Lipinski definition) is 1. The van der Waals surface area contributed by atoms with Crippen molar-refractivity contribution in [2.45, 2.75) is 38.1 Å². The lowest BCUT2D eigenvalue weighted by molar-refractivity contribution is -0.131. The molecule has 1 aliphatic carbocycles. The predicted molar refractivity (Wildman–Crippen MR) is 80.9 cm³/mol. The quantitative estimate of drug-likeness (QED) is 0.777. The van der Waals surface area contributed by atoms with Crippen molar-refractivity contribution in [2.75, 3.05) is 6.54 Å². The molecule has 2 rings (SSSR count). The summed E-state index contributed by atoms with van der Waals surface area (Å²) in [6.45, 7) is 0.674. The second-order valence-corrected chi connectivity index (χ2v) is 5.54. The zero-order valence-corrected chi connectivity index (χ0v) is 11.9. The molecule has 0 saturated heterocycles. The molecule has 2 N–H and O–H groups in total. The van der Waals surface area contributed by atoms with Gasteiger partial charge in [0.25, 0.3) is 0 Å². The summed E-state index contributed by atoms with van der Waals surface area (Å²) < 4.78 is 0. The van der Waals surface area contributed by atoms with Crippen LogP contribution in [0.3, 0.4) is 0 Å². The minimum absolute atomic E-state index is 0.225. The third-order valence-electron chi connectivity index (χ3n) is 3.38. The molecule has 19 heavy (non-hydrogen) atoms. The molecular weight excluding hydrogens is 256 g/mol. The summed E-state index contributed by atoms with van der Waals surface area (Å²) in [6.07, 6.45) is 4.24. The van der Waals surface area contributed by atoms with Gasteiger partial charge in [-0.3, -0.25) is 4.79 Å². The van der Waals surface area contributed by atoms with Crippen molar-refractivity contribution in [3.63, 3.8) is 0 Å². The standard InChI is InChI=1S/C15H20N2OS/c16-14(19)10-11-17(13-7-8-13)15(18)9-6-12-4-2-1-3-5-12/h1-5,13H,6-11H2,(H2,16,19). The third kappa shape index (κ3) is 4.63. The van der Waals surface area contributed by atoms with Gasteiger partial charge in [-0.1, -0.05) is 42.5 Å². The minimum Gasteiger partial charge on any atom is -0.393 e. The molecule has 102 valence electrons. The summed E-state index contributed by atoms with van der Waals surface area (Å²) in [5, 5.41) is 0. The molecule has 0 atom stereocenters. The van der Waals surface area contributed by atoms with Gasteiger partial charge in [0.2, 0.25) is 5.91 Å². The van der Waals surface area contributed by atoms with Crippen LogP contribution in [0.2, 0.25) is 0 Å². The lowest BCUT2D eigenvalue weighted by Gasteiger charge is -2.22. The van der Waals surface area contributed by atoms with Crippen LogP contribution in [0.5, 0.6) is 0 Å². The highest BCUT2D eigenvalue weighted by Gasteiger charge is 2.31. The lowest BCUT2D eigenvalue weighted by atomic mass is 10.1. The monoisotopic (exact) mass is 276 g/mol. The maximum atomic E-state index is 12.3. The summed E-state index contributed by atoms with van der Waals surface area (Å²) in [6, 6.07) is 10.5. The predicted octanol–water partition coefficient (Wildman–Crippen LogP) is 2.29. The molecule has 0 aliphatic heterocycles. The van der Waals surface area contributed by atoms with E-state index in [-0.39, 0.29) is 5.91 Å². The number of rotatable bonds is 7. The largest absolute Gasteiger partial charge is 0.393 e. The number of carbonyl (C=O) groups is 1. The third-order valence-corrected chi connectivity index (χ3v) is 3.58. The van der Waals surface area contributed by atoms with E-state index in [1.165, 1.54) is 5.56 Å². The first kappa shape index (κ1) is 14.0. The Morgan fingerprint density at radius 1 is 1.26 bits per heavy atom. The van der Waals surface area contributed by atoms with Gasteiger partial charge >= 0.3 is 0 Å². The van der Waals surface area contributed by atoms with E-state index in [9.17, 15) is 4.79 Å². The van der Waals surface area contributed by atoms with E-state index in [2.05, 4.69) is 12.1 Å². The second-order valence-electron chi connectivity index (χ2n) is 5.02. The molecular formula is C15H20N2OS. The van der Waals surface area contributed by atoms with Crippen molar-refractivity contribution in [3.8, 4) is 0 Å². The number of amides is 1. The summed E-state index contributed by atoms with van der Waals surface area (Å²) in [7, 11) is 0. The first-order chi connectivity index (χ1) is 9.16. The van der Waals surface area contributed by atoms with Crippen molar-refractivity contribution in [3.05, 3.63) is 35.9 Å². The van der Waals surface area contributed by atoms with Gasteiger partial charge in [0.05, 0.1) is 4.99 Å². The summed E-state index contributed by atoms with van der Waals surface area (Å²) in [5.41, 5.74) is 6.73. The van der Waals surface area contributed by atoms with Crippen molar-refractivity contribution in [2.24, 2.45) is 5.73 Å². The van der Waals surface area contributed by atoms with Crippen molar-refractivity contribution < 1.29 is 4.79 Å². The average molecular weight is 276 g/mol. The molecule has 3 nitrogen and oxygen atoms in total. The van der Waals surface area contributed by atoms with E-state index in [1.54, 1.807) is 0 Å². The van der Waals surface area contributed by atoms with Gasteiger partial charge in [-0.2, -0.15) is 0 Å². The van der Waals surface area contributed by atoms with Gasteiger partial charge in [-0.05, 0) is 24.8 Å². The zero-order valence-electron chi connectivity index (χ0n) is 11.0. The summed E-state index contributed by atoms with van der Waals surface area (Å²) >= 11 is 4.89. The molecule has 1 aromatic rings. The average Bonchev–Trinajstić information content (AvgIpc) is 3.22. The highest BCUT2D eigenvalue weighted by Crippen LogP contribution is 2.27. The van der Waals surface area contributed by atoms with Crippen LogP contribution < -0.4 is 5.73 Å². The van der Waals surface area contributed by atoms with E-state index in [1.807, 2.05) is 23.1 Å². The topological polar surface area (TPSA) is 46.3 Å². The van der Waals surface area contributed by atoms with Crippen LogP contribution >= 0.6 is 12.2 Å². The molecule has 0 heterocycles. The van der Waals surface area contributed by atoms with E-state index >= 15 is 0 Å². The van der Waals surface area contributed by atoms with Crippen LogP contribution in [0.25, 0.3) is 0 Å². The van der Waals surface area contributed by atoms with Crippen LogP contribution in [0.15, 0.2) is 30.3 Å². The SMILES string of the molecule is NC(=S)CCN(C(=O)CCc1ccccc1)C1CC1. The number of hydrogen-bond acceptors (Lipinski definition) is 2. The van der Waals surface area contributed by atoms with Gasteiger partial charge in [0.1, 0.15) is 0 Å². The number of thiocarbonyl (C=S) groups is 1. The Bertz CT molecular complexity index is 443. The molecule has 0 bridgehead atoms. The first-order valence-electron chi connectivity index (χ1n) is 6.78. The molecule has 1 aliphatic rings. The first-order valence-corrected chi connectivity index (χ1v) is 7.19. The normalized spacial score (nSPS) is 14.1. The maximum Gasteiger partial charge on any atom is 0.223 e. The molecule has 1 aromatic carbocycles. The van der Waals surface area contributed by atoms with Crippen LogP contribution in [-0.4, -0.2) is 28.4 Å². The Morgan fingerprint density at radius 2 is 1.95 bits per heavy atom. The van der Waals surface area contributed by atoms with E-state index < -0.39 is 0 Å². The van der Waals surface area contributed by atoms with Crippen molar-refractivity contribution >= 4 is 23.1 Å². The number of nitrogens with two attached hydrogens (primary N) is 1. The molecule has 0 spiro atoms. The molecule has 1 fully saturated rings. The summed E-state index contributed by atoms with van der Waals surface area (Å²) in [4.78, 5) is 14.7. The number of aryl methyl sites for hydroxylation is 1. The van der Waals surface area contributed by atoms with Gasteiger partial charge < -0.3 is 10.6 Å². The minimum atomic E-state index is 0.225. The fraction of sp³-hybridized carbons (Fsp3) is 0.467. The molecule has 1 amide bonds. The fourth-order valence-electron chi connectivity index (χ4n) is 2.17. The van der Waals surface area contributed by atoms with Crippen LogP contribution in [0.4, 0.5) is 0 Å².